The maximum Gasteiger partial charge on any atom is 0.336 e. The van der Waals surface area contributed by atoms with Gasteiger partial charge in [0, 0.05) is 27.3 Å². The summed E-state index contributed by atoms with van der Waals surface area (Å²) in [4.78, 5) is 51.5. The number of pyridine rings is 1. The molecule has 0 atom stereocenters. The van der Waals surface area contributed by atoms with E-state index in [-0.39, 0.29) is 31.0 Å². The van der Waals surface area contributed by atoms with Crippen LogP contribution in [0.2, 0.25) is 0 Å². The van der Waals surface area contributed by atoms with Crippen LogP contribution in [-0.4, -0.2) is 39.3 Å². The molecule has 0 saturated heterocycles. The molecular formula is C14H17N5O6. The second-order valence-corrected chi connectivity index (χ2v) is 5.11. The van der Waals surface area contributed by atoms with Crippen molar-refractivity contribution in [2.45, 2.75) is 26.9 Å². The van der Waals surface area contributed by atoms with Gasteiger partial charge in [-0.1, -0.05) is 0 Å². The molecule has 2 heterocycles. The van der Waals surface area contributed by atoms with Crippen molar-refractivity contribution in [3.63, 3.8) is 0 Å². The van der Waals surface area contributed by atoms with E-state index in [9.17, 15) is 19.3 Å². The molecule has 0 aliphatic carbocycles. The number of hydrogen-bond donors (Lipinski definition) is 0. The van der Waals surface area contributed by atoms with Gasteiger partial charge in [0.1, 0.15) is 13.5 Å². The number of carbonyl (C=O) groups is 1. The van der Waals surface area contributed by atoms with E-state index in [0.29, 0.717) is 10.6 Å². The zero-order chi connectivity index (χ0) is 18.6. The highest BCUT2D eigenvalue weighted by Crippen LogP contribution is 2.14. The number of nitrogens with zero attached hydrogens (tertiary/aromatic N) is 5. The van der Waals surface area contributed by atoms with Gasteiger partial charge in [-0.2, -0.15) is 5.01 Å². The molecule has 0 N–H and O–H groups in total. The maximum atomic E-state index is 12.7. The molecule has 0 fully saturated rings. The summed E-state index contributed by atoms with van der Waals surface area (Å²) in [6.07, 6.45) is 1.37. The topological polar surface area (TPSA) is 125 Å². The Bertz CT molecular complexity index is 918. The standard InChI is InChI=1S/C14H17N5O6/c1-9(20)19(16-23)6-10-4-5-15-12-11(10)13(21)18(8-25-3)14(22)17(12)7-24-2/h4-5H,6-8H2,1-3H3. The SMILES string of the molecule is COCn1c(=O)c2c(CN(N=O)C(C)=O)ccnc2n(COC)c1=O. The summed E-state index contributed by atoms with van der Waals surface area (Å²) in [5, 5.41) is 3.38. The lowest BCUT2D eigenvalue weighted by atomic mass is 10.1. The van der Waals surface area contributed by atoms with Crippen molar-refractivity contribution in [2.24, 2.45) is 5.29 Å². The Labute approximate surface area is 141 Å². The van der Waals surface area contributed by atoms with Gasteiger partial charge in [0.05, 0.1) is 17.2 Å². The minimum Gasteiger partial charge on any atom is -0.364 e. The first-order valence-electron chi connectivity index (χ1n) is 7.16. The lowest BCUT2D eigenvalue weighted by Gasteiger charge is -2.16. The molecule has 0 radical (unpaired) electrons. The van der Waals surface area contributed by atoms with Gasteiger partial charge in [0.15, 0.2) is 5.65 Å². The van der Waals surface area contributed by atoms with Gasteiger partial charge >= 0.3 is 5.69 Å². The molecule has 2 aromatic heterocycles. The molecule has 11 nitrogen and oxygen atoms in total. The fourth-order valence-corrected chi connectivity index (χ4v) is 2.36. The highest BCUT2D eigenvalue weighted by atomic mass is 16.5. The second kappa shape index (κ2) is 7.77. The highest BCUT2D eigenvalue weighted by molar-refractivity contribution is 5.79. The highest BCUT2D eigenvalue weighted by Gasteiger charge is 2.19. The van der Waals surface area contributed by atoms with Crippen molar-refractivity contribution in [3.8, 4) is 0 Å². The molecule has 1 amide bonds. The number of aromatic nitrogens is 3. The van der Waals surface area contributed by atoms with E-state index in [1.807, 2.05) is 0 Å². The second-order valence-electron chi connectivity index (χ2n) is 5.11. The number of fused-ring (bicyclic) bond motifs is 1. The number of amides is 1. The van der Waals surface area contributed by atoms with Crippen LogP contribution in [-0.2, 0) is 34.3 Å². The molecule has 0 bridgehead atoms. The van der Waals surface area contributed by atoms with Crippen LogP contribution in [0.4, 0.5) is 0 Å². The normalized spacial score (nSPS) is 10.8. The van der Waals surface area contributed by atoms with Crippen molar-refractivity contribution < 1.29 is 14.3 Å². The number of hydrogen-bond acceptors (Lipinski definition) is 8. The smallest absolute Gasteiger partial charge is 0.336 e. The first-order chi connectivity index (χ1) is 12.0. The fraction of sp³-hybridized carbons (Fsp3) is 0.429. The van der Waals surface area contributed by atoms with Gasteiger partial charge in [0.25, 0.3) is 5.56 Å². The summed E-state index contributed by atoms with van der Waals surface area (Å²) >= 11 is 0. The lowest BCUT2D eigenvalue weighted by molar-refractivity contribution is -0.129. The fourth-order valence-electron chi connectivity index (χ4n) is 2.36. The van der Waals surface area contributed by atoms with Crippen LogP contribution < -0.4 is 11.2 Å². The third-order valence-electron chi connectivity index (χ3n) is 3.49. The number of ether oxygens (including phenoxy) is 2. The Morgan fingerprint density at radius 2 is 1.88 bits per heavy atom. The molecule has 25 heavy (non-hydrogen) atoms. The first kappa shape index (κ1) is 18.4. The zero-order valence-electron chi connectivity index (χ0n) is 14.0. The van der Waals surface area contributed by atoms with Crippen LogP contribution in [0.5, 0.6) is 0 Å². The van der Waals surface area contributed by atoms with Crippen LogP contribution in [0.1, 0.15) is 12.5 Å². The molecule has 0 aliphatic heterocycles. The lowest BCUT2D eigenvalue weighted by Crippen LogP contribution is -2.41. The van der Waals surface area contributed by atoms with Gasteiger partial charge in [-0.25, -0.2) is 14.3 Å². The Morgan fingerprint density at radius 3 is 2.44 bits per heavy atom. The number of rotatable bonds is 7. The van der Waals surface area contributed by atoms with Crippen LogP contribution in [0.3, 0.4) is 0 Å². The Morgan fingerprint density at radius 1 is 1.24 bits per heavy atom. The molecule has 0 aromatic carbocycles. The van der Waals surface area contributed by atoms with Gasteiger partial charge in [-0.05, 0) is 11.6 Å². The zero-order valence-corrected chi connectivity index (χ0v) is 14.0. The molecule has 0 unspecified atom stereocenters. The third kappa shape index (κ3) is 3.46. The monoisotopic (exact) mass is 351 g/mol. The first-order valence-corrected chi connectivity index (χ1v) is 7.16. The summed E-state index contributed by atoms with van der Waals surface area (Å²) in [5.41, 5.74) is -0.898. The Kier molecular flexibility index (Phi) is 5.72. The van der Waals surface area contributed by atoms with Gasteiger partial charge in [-0.3, -0.25) is 14.2 Å². The van der Waals surface area contributed by atoms with Gasteiger partial charge in [0.2, 0.25) is 5.91 Å². The molecule has 11 heteroatoms. The van der Waals surface area contributed by atoms with E-state index in [1.165, 1.54) is 33.4 Å². The quantitative estimate of drug-likeness (QED) is 0.499. The molecule has 134 valence electrons. The number of nitroso groups, excluding NO2 is 1. The maximum absolute atomic E-state index is 12.7. The summed E-state index contributed by atoms with van der Waals surface area (Å²) in [5.74, 6) is -0.581. The average molecular weight is 351 g/mol. The third-order valence-corrected chi connectivity index (χ3v) is 3.49. The van der Waals surface area contributed by atoms with Crippen molar-refractivity contribution in [1.82, 2.24) is 19.1 Å². The van der Waals surface area contributed by atoms with Crippen LogP contribution in [0.15, 0.2) is 27.1 Å². The minimum absolute atomic E-state index is 0.0751. The molecule has 0 spiro atoms. The molecule has 2 rings (SSSR count). The van der Waals surface area contributed by atoms with Gasteiger partial charge < -0.3 is 9.47 Å². The van der Waals surface area contributed by atoms with E-state index in [4.69, 9.17) is 9.47 Å². The van der Waals surface area contributed by atoms with E-state index < -0.39 is 17.2 Å². The predicted molar refractivity (Wildman–Crippen MR) is 86.3 cm³/mol. The van der Waals surface area contributed by atoms with E-state index in [1.54, 1.807) is 0 Å². The molecule has 2 aromatic rings. The minimum atomic E-state index is -0.650. The van der Waals surface area contributed by atoms with Crippen LogP contribution in [0.25, 0.3) is 11.0 Å². The van der Waals surface area contributed by atoms with Gasteiger partial charge in [-0.15, -0.1) is 4.91 Å². The molecule has 0 saturated carbocycles. The average Bonchev–Trinajstić information content (AvgIpc) is 2.59. The summed E-state index contributed by atoms with van der Waals surface area (Å²) in [7, 11) is 2.73. The largest absolute Gasteiger partial charge is 0.364 e. The van der Waals surface area contributed by atoms with Crippen LogP contribution in [0, 0.1) is 4.91 Å². The number of methoxy groups -OCH3 is 2. The van der Waals surface area contributed by atoms with E-state index >= 15 is 0 Å². The van der Waals surface area contributed by atoms with Crippen molar-refractivity contribution >= 4 is 16.9 Å². The molecular weight excluding hydrogens is 334 g/mol. The summed E-state index contributed by atoms with van der Waals surface area (Å²) < 4.78 is 11.9. The Hall–Kier alpha value is -2.92. The van der Waals surface area contributed by atoms with Crippen molar-refractivity contribution in [3.05, 3.63) is 43.6 Å². The predicted octanol–water partition coefficient (Wildman–Crippen LogP) is -0.204. The van der Waals surface area contributed by atoms with E-state index in [2.05, 4.69) is 10.3 Å². The number of carbonyl (C=O) groups excluding carboxylic acids is 1. The molecule has 0 aliphatic rings. The Balaban J connectivity index is 2.82. The van der Waals surface area contributed by atoms with E-state index in [0.717, 1.165) is 9.13 Å². The van der Waals surface area contributed by atoms with Crippen molar-refractivity contribution in [1.29, 1.82) is 0 Å². The van der Waals surface area contributed by atoms with Crippen LogP contribution >= 0.6 is 0 Å². The van der Waals surface area contributed by atoms with Crippen molar-refractivity contribution in [2.75, 3.05) is 14.2 Å². The summed E-state index contributed by atoms with van der Waals surface area (Å²) in [6.45, 7) is 0.534. The summed E-state index contributed by atoms with van der Waals surface area (Å²) in [6, 6.07) is 1.48.